The maximum atomic E-state index is 4.44. The number of aromatic nitrogens is 1. The van der Waals surface area contributed by atoms with Crippen LogP contribution in [-0.4, -0.2) is 23.0 Å². The van der Waals surface area contributed by atoms with Crippen LogP contribution in [0.2, 0.25) is 0 Å². The van der Waals surface area contributed by atoms with E-state index in [1.165, 1.54) is 50.0 Å². The van der Waals surface area contributed by atoms with Gasteiger partial charge in [0.15, 0.2) is 0 Å². The highest BCUT2D eigenvalue weighted by molar-refractivity contribution is 5.21. The lowest BCUT2D eigenvalue weighted by Crippen LogP contribution is -2.31. The van der Waals surface area contributed by atoms with Crippen LogP contribution in [0.25, 0.3) is 0 Å². The Labute approximate surface area is 98.7 Å². The third kappa shape index (κ3) is 3.05. The van der Waals surface area contributed by atoms with Gasteiger partial charge in [-0.05, 0) is 24.6 Å². The molecule has 0 aromatic carbocycles. The lowest BCUT2D eigenvalue weighted by molar-refractivity contribution is 0.246. The molecule has 2 heterocycles. The lowest BCUT2D eigenvalue weighted by atomic mass is 10.1. The van der Waals surface area contributed by atoms with Crippen molar-refractivity contribution in [3.8, 4) is 0 Å². The van der Waals surface area contributed by atoms with Gasteiger partial charge in [-0.3, -0.25) is 9.88 Å². The first-order valence-corrected chi connectivity index (χ1v) is 6.55. The van der Waals surface area contributed by atoms with Crippen molar-refractivity contribution in [3.05, 3.63) is 29.6 Å². The minimum Gasteiger partial charge on any atom is -0.299 e. The summed E-state index contributed by atoms with van der Waals surface area (Å²) >= 11 is 0. The summed E-state index contributed by atoms with van der Waals surface area (Å²) in [5.74, 6) is 0. The summed E-state index contributed by atoms with van der Waals surface area (Å²) in [6, 6.07) is 4.28. The Morgan fingerprint density at radius 1 is 1.31 bits per heavy atom. The van der Waals surface area contributed by atoms with Crippen molar-refractivity contribution in [2.45, 2.75) is 45.6 Å². The first-order valence-electron chi connectivity index (χ1n) is 6.55. The molecule has 0 amide bonds. The van der Waals surface area contributed by atoms with E-state index in [1.807, 2.05) is 6.20 Å². The molecule has 1 aliphatic heterocycles. The van der Waals surface area contributed by atoms with Gasteiger partial charge in [-0.15, -0.1) is 0 Å². The molecule has 2 nitrogen and oxygen atoms in total. The molecule has 2 rings (SSSR count). The Kier molecular flexibility index (Phi) is 4.34. The van der Waals surface area contributed by atoms with Crippen molar-refractivity contribution in [2.24, 2.45) is 0 Å². The molecular weight excluding hydrogens is 196 g/mol. The minimum absolute atomic E-state index is 1.11. The summed E-state index contributed by atoms with van der Waals surface area (Å²) in [6.07, 6.45) is 8.48. The molecule has 1 aromatic rings. The first-order chi connectivity index (χ1) is 7.90. The SMILES string of the molecule is CCCCCCN1CCc2ncccc2C1. The average Bonchev–Trinajstić information content (AvgIpc) is 2.34. The predicted molar refractivity (Wildman–Crippen MR) is 67.4 cm³/mol. The molecule has 0 radical (unpaired) electrons. The fourth-order valence-corrected chi connectivity index (χ4v) is 2.38. The van der Waals surface area contributed by atoms with E-state index in [4.69, 9.17) is 0 Å². The fraction of sp³-hybridized carbons (Fsp3) is 0.643. The molecule has 2 heteroatoms. The summed E-state index contributed by atoms with van der Waals surface area (Å²) < 4.78 is 0. The summed E-state index contributed by atoms with van der Waals surface area (Å²) in [5.41, 5.74) is 2.75. The van der Waals surface area contributed by atoms with Gasteiger partial charge in [0.1, 0.15) is 0 Å². The molecule has 0 atom stereocenters. The largest absolute Gasteiger partial charge is 0.299 e. The van der Waals surface area contributed by atoms with Gasteiger partial charge < -0.3 is 0 Å². The number of nitrogens with zero attached hydrogens (tertiary/aromatic N) is 2. The highest BCUT2D eigenvalue weighted by Crippen LogP contribution is 2.16. The van der Waals surface area contributed by atoms with Crippen LogP contribution < -0.4 is 0 Å². The Balaban J connectivity index is 1.79. The van der Waals surface area contributed by atoms with E-state index in [2.05, 4.69) is 28.9 Å². The molecule has 1 aromatic heterocycles. The normalized spacial score (nSPS) is 16.1. The Bertz CT molecular complexity index is 322. The van der Waals surface area contributed by atoms with Crippen molar-refractivity contribution in [3.63, 3.8) is 0 Å². The fourth-order valence-electron chi connectivity index (χ4n) is 2.38. The zero-order chi connectivity index (χ0) is 11.2. The van der Waals surface area contributed by atoms with Crippen LogP contribution >= 0.6 is 0 Å². The molecule has 0 N–H and O–H groups in total. The van der Waals surface area contributed by atoms with Crippen LogP contribution in [0, 0.1) is 0 Å². The Hall–Kier alpha value is -0.890. The van der Waals surface area contributed by atoms with Crippen LogP contribution in [0.5, 0.6) is 0 Å². The van der Waals surface area contributed by atoms with E-state index < -0.39 is 0 Å². The molecular formula is C14H22N2. The number of rotatable bonds is 5. The molecule has 0 saturated carbocycles. The van der Waals surface area contributed by atoms with Gasteiger partial charge in [-0.25, -0.2) is 0 Å². The summed E-state index contributed by atoms with van der Waals surface area (Å²) in [4.78, 5) is 7.01. The average molecular weight is 218 g/mol. The zero-order valence-electron chi connectivity index (χ0n) is 10.3. The van der Waals surface area contributed by atoms with Crippen LogP contribution in [0.1, 0.15) is 43.9 Å². The molecule has 0 aliphatic carbocycles. The van der Waals surface area contributed by atoms with Crippen molar-refractivity contribution in [1.29, 1.82) is 0 Å². The molecule has 88 valence electrons. The number of pyridine rings is 1. The molecule has 0 fully saturated rings. The van der Waals surface area contributed by atoms with Crippen molar-refractivity contribution < 1.29 is 0 Å². The third-order valence-electron chi connectivity index (χ3n) is 3.37. The molecule has 0 bridgehead atoms. The molecule has 16 heavy (non-hydrogen) atoms. The standard InChI is InChI=1S/C14H22N2/c1-2-3-4-5-10-16-11-8-14-13(12-16)7-6-9-15-14/h6-7,9H,2-5,8,10-12H2,1H3. The van der Waals surface area contributed by atoms with Gasteiger partial charge in [0.2, 0.25) is 0 Å². The van der Waals surface area contributed by atoms with E-state index in [-0.39, 0.29) is 0 Å². The third-order valence-corrected chi connectivity index (χ3v) is 3.37. The van der Waals surface area contributed by atoms with E-state index in [1.54, 1.807) is 0 Å². The van der Waals surface area contributed by atoms with Gasteiger partial charge in [0, 0.05) is 31.4 Å². The monoisotopic (exact) mass is 218 g/mol. The second kappa shape index (κ2) is 6.00. The molecule has 1 aliphatic rings. The Morgan fingerprint density at radius 2 is 2.25 bits per heavy atom. The topological polar surface area (TPSA) is 16.1 Å². The molecule has 0 saturated heterocycles. The second-order valence-electron chi connectivity index (χ2n) is 4.70. The van der Waals surface area contributed by atoms with Crippen molar-refractivity contribution >= 4 is 0 Å². The van der Waals surface area contributed by atoms with Gasteiger partial charge in [-0.1, -0.05) is 32.3 Å². The minimum atomic E-state index is 1.11. The van der Waals surface area contributed by atoms with E-state index >= 15 is 0 Å². The quantitative estimate of drug-likeness (QED) is 0.706. The first kappa shape index (κ1) is 11.6. The van der Waals surface area contributed by atoms with Gasteiger partial charge in [0.25, 0.3) is 0 Å². The van der Waals surface area contributed by atoms with Crippen LogP contribution in [0.4, 0.5) is 0 Å². The number of hydrogen-bond acceptors (Lipinski definition) is 2. The van der Waals surface area contributed by atoms with E-state index in [0.717, 1.165) is 13.0 Å². The van der Waals surface area contributed by atoms with Crippen LogP contribution in [-0.2, 0) is 13.0 Å². The maximum Gasteiger partial charge on any atom is 0.0461 e. The van der Waals surface area contributed by atoms with Gasteiger partial charge in [-0.2, -0.15) is 0 Å². The van der Waals surface area contributed by atoms with Crippen LogP contribution in [0.15, 0.2) is 18.3 Å². The summed E-state index contributed by atoms with van der Waals surface area (Å²) in [6.45, 7) is 5.82. The van der Waals surface area contributed by atoms with Gasteiger partial charge >= 0.3 is 0 Å². The highest BCUT2D eigenvalue weighted by atomic mass is 15.1. The zero-order valence-corrected chi connectivity index (χ0v) is 10.3. The van der Waals surface area contributed by atoms with E-state index in [0.29, 0.717) is 0 Å². The predicted octanol–water partition coefficient (Wildman–Crippen LogP) is 3.02. The number of fused-ring (bicyclic) bond motifs is 1. The smallest absolute Gasteiger partial charge is 0.0461 e. The van der Waals surface area contributed by atoms with E-state index in [9.17, 15) is 0 Å². The lowest BCUT2D eigenvalue weighted by Gasteiger charge is -2.27. The summed E-state index contributed by atoms with van der Waals surface area (Å²) in [5, 5.41) is 0. The number of unbranched alkanes of at least 4 members (excludes halogenated alkanes) is 3. The maximum absolute atomic E-state index is 4.44. The highest BCUT2D eigenvalue weighted by Gasteiger charge is 2.15. The Morgan fingerprint density at radius 3 is 3.12 bits per heavy atom. The second-order valence-corrected chi connectivity index (χ2v) is 4.70. The number of hydrogen-bond donors (Lipinski definition) is 0. The summed E-state index contributed by atoms with van der Waals surface area (Å²) in [7, 11) is 0. The van der Waals surface area contributed by atoms with Gasteiger partial charge in [0.05, 0.1) is 0 Å². The van der Waals surface area contributed by atoms with Crippen molar-refractivity contribution in [1.82, 2.24) is 9.88 Å². The molecule has 0 unspecified atom stereocenters. The van der Waals surface area contributed by atoms with Crippen molar-refractivity contribution in [2.75, 3.05) is 13.1 Å². The molecule has 0 spiro atoms. The van der Waals surface area contributed by atoms with Crippen LogP contribution in [0.3, 0.4) is 0 Å².